The van der Waals surface area contributed by atoms with Gasteiger partial charge in [0.25, 0.3) is 0 Å². The molecular weight excluding hydrogens is 258 g/mol. The van der Waals surface area contributed by atoms with Crippen molar-refractivity contribution in [1.29, 1.82) is 0 Å². The summed E-state index contributed by atoms with van der Waals surface area (Å²) in [5, 5.41) is 14.9. The molecule has 20 heavy (non-hydrogen) atoms. The molecule has 0 bridgehead atoms. The quantitative estimate of drug-likeness (QED) is 0.709. The summed E-state index contributed by atoms with van der Waals surface area (Å²) in [5.41, 5.74) is 1.20. The van der Waals surface area contributed by atoms with Gasteiger partial charge in [-0.3, -0.25) is 0 Å². The van der Waals surface area contributed by atoms with E-state index in [1.54, 1.807) is 14.2 Å². The highest BCUT2D eigenvalue weighted by Gasteiger charge is 2.01. The Bertz CT molecular complexity index is 512. The summed E-state index contributed by atoms with van der Waals surface area (Å²) in [7, 11) is 3.42. The van der Waals surface area contributed by atoms with Crippen molar-refractivity contribution in [3.05, 3.63) is 35.7 Å². The van der Waals surface area contributed by atoms with Crippen LogP contribution in [0.2, 0.25) is 0 Å². The lowest BCUT2D eigenvalue weighted by Crippen LogP contribution is -2.18. The first-order valence-electron chi connectivity index (χ1n) is 6.42. The Morgan fingerprint density at radius 2 is 2.05 bits per heavy atom. The van der Waals surface area contributed by atoms with Crippen LogP contribution in [0, 0.1) is 0 Å². The third kappa shape index (κ3) is 4.60. The Hall–Kier alpha value is -1.99. The monoisotopic (exact) mass is 277 g/mol. The number of hydrogen-bond donors (Lipinski definition) is 1. The maximum atomic E-state index is 5.58. The van der Waals surface area contributed by atoms with E-state index >= 15 is 0 Å². The van der Waals surface area contributed by atoms with Crippen molar-refractivity contribution in [2.45, 2.75) is 13.2 Å². The van der Waals surface area contributed by atoms with E-state index in [-0.39, 0.29) is 0 Å². The van der Waals surface area contributed by atoms with Gasteiger partial charge in [-0.25, -0.2) is 0 Å². The van der Waals surface area contributed by atoms with Gasteiger partial charge in [0.2, 0.25) is 5.82 Å². The molecule has 2 rings (SSSR count). The first-order valence-corrected chi connectivity index (χ1v) is 6.42. The number of nitrogens with one attached hydrogen (secondary N) is 1. The van der Waals surface area contributed by atoms with E-state index in [1.807, 2.05) is 24.3 Å². The number of benzene rings is 1. The lowest BCUT2D eigenvalue weighted by Gasteiger charge is -2.06. The minimum absolute atomic E-state index is 0.319. The van der Waals surface area contributed by atoms with Crippen LogP contribution < -0.4 is 10.1 Å². The summed E-state index contributed by atoms with van der Waals surface area (Å²) in [5.74, 6) is 1.36. The first-order chi connectivity index (χ1) is 9.78. The van der Waals surface area contributed by atoms with Gasteiger partial charge in [0.15, 0.2) is 6.61 Å². The minimum Gasteiger partial charge on any atom is -0.485 e. The second kappa shape index (κ2) is 7.56. The molecule has 0 amide bonds. The number of hydrogen-bond acceptors (Lipinski definition) is 6. The van der Waals surface area contributed by atoms with Crippen LogP contribution in [0.1, 0.15) is 11.4 Å². The fourth-order valence-corrected chi connectivity index (χ4v) is 1.64. The molecule has 1 aromatic heterocycles. The molecule has 0 aliphatic carbocycles. The fraction of sp³-hybridized carbons (Fsp3) is 0.462. The van der Waals surface area contributed by atoms with Gasteiger partial charge < -0.3 is 14.8 Å². The summed E-state index contributed by atoms with van der Waals surface area (Å²) in [6.07, 6.45) is 0. The van der Waals surface area contributed by atoms with E-state index in [9.17, 15) is 0 Å². The number of ether oxygens (including phenoxy) is 2. The Balaban J connectivity index is 1.76. The Morgan fingerprint density at radius 3 is 2.70 bits per heavy atom. The minimum atomic E-state index is 0.319. The van der Waals surface area contributed by atoms with Gasteiger partial charge in [-0.15, -0.1) is 10.2 Å². The van der Waals surface area contributed by atoms with Crippen molar-refractivity contribution in [2.24, 2.45) is 7.05 Å². The van der Waals surface area contributed by atoms with Gasteiger partial charge in [0, 0.05) is 20.2 Å². The second-order valence-electron chi connectivity index (χ2n) is 4.30. The van der Waals surface area contributed by atoms with Crippen LogP contribution in [0.3, 0.4) is 0 Å². The Labute approximate surface area is 117 Å². The largest absolute Gasteiger partial charge is 0.485 e. The molecule has 0 radical (unpaired) electrons. The summed E-state index contributed by atoms with van der Waals surface area (Å²) >= 11 is 0. The SMILES string of the molecule is COCCNCc1ccc(OCc2nnn(C)n2)cc1. The molecule has 0 atom stereocenters. The lowest BCUT2D eigenvalue weighted by molar-refractivity contribution is 0.199. The van der Waals surface area contributed by atoms with E-state index in [1.165, 1.54) is 10.4 Å². The van der Waals surface area contributed by atoms with Crippen LogP contribution >= 0.6 is 0 Å². The highest BCUT2D eigenvalue weighted by Crippen LogP contribution is 2.13. The average Bonchev–Trinajstić information content (AvgIpc) is 2.88. The van der Waals surface area contributed by atoms with Gasteiger partial charge in [0.1, 0.15) is 5.75 Å². The number of aromatic nitrogens is 4. The predicted octanol–water partition coefficient (Wildman–Crippen LogP) is 0.525. The standard InChI is InChI=1S/C13H19N5O2/c1-18-16-13(15-17-18)10-20-12-5-3-11(4-6-12)9-14-7-8-19-2/h3-6,14H,7-10H2,1-2H3. The van der Waals surface area contributed by atoms with Gasteiger partial charge in [0.05, 0.1) is 13.7 Å². The van der Waals surface area contributed by atoms with Crippen LogP contribution in [-0.2, 0) is 24.9 Å². The van der Waals surface area contributed by atoms with E-state index in [4.69, 9.17) is 9.47 Å². The fourth-order valence-electron chi connectivity index (χ4n) is 1.64. The molecule has 0 spiro atoms. The van der Waals surface area contributed by atoms with E-state index in [2.05, 4.69) is 20.7 Å². The van der Waals surface area contributed by atoms with Crippen molar-refractivity contribution >= 4 is 0 Å². The Kier molecular flexibility index (Phi) is 5.45. The van der Waals surface area contributed by atoms with Crippen LogP contribution in [0.15, 0.2) is 24.3 Å². The summed E-state index contributed by atoms with van der Waals surface area (Å²) < 4.78 is 10.6. The molecule has 2 aromatic rings. The van der Waals surface area contributed by atoms with Gasteiger partial charge in [-0.05, 0) is 22.9 Å². The summed E-state index contributed by atoms with van der Waals surface area (Å²) in [6, 6.07) is 7.92. The van der Waals surface area contributed by atoms with Crippen molar-refractivity contribution < 1.29 is 9.47 Å². The maximum absolute atomic E-state index is 5.58. The highest BCUT2D eigenvalue weighted by molar-refractivity contribution is 5.27. The van der Waals surface area contributed by atoms with Crippen molar-refractivity contribution in [3.8, 4) is 5.75 Å². The third-order valence-corrected chi connectivity index (χ3v) is 2.65. The molecule has 1 N–H and O–H groups in total. The van der Waals surface area contributed by atoms with Crippen LogP contribution in [0.25, 0.3) is 0 Å². The summed E-state index contributed by atoms with van der Waals surface area (Å²) in [6.45, 7) is 2.69. The molecule has 1 heterocycles. The number of aryl methyl sites for hydroxylation is 1. The molecular formula is C13H19N5O2. The smallest absolute Gasteiger partial charge is 0.212 e. The van der Waals surface area contributed by atoms with Gasteiger partial charge >= 0.3 is 0 Å². The molecule has 1 aromatic carbocycles. The van der Waals surface area contributed by atoms with E-state index in [0.29, 0.717) is 19.0 Å². The first kappa shape index (κ1) is 14.4. The third-order valence-electron chi connectivity index (χ3n) is 2.65. The molecule has 0 aliphatic heterocycles. The average molecular weight is 277 g/mol. The molecule has 7 nitrogen and oxygen atoms in total. The van der Waals surface area contributed by atoms with Gasteiger partial charge in [-0.1, -0.05) is 12.1 Å². The zero-order valence-electron chi connectivity index (χ0n) is 11.7. The second-order valence-corrected chi connectivity index (χ2v) is 4.30. The zero-order chi connectivity index (χ0) is 14.2. The summed E-state index contributed by atoms with van der Waals surface area (Å²) in [4.78, 5) is 1.41. The molecule has 0 saturated heterocycles. The van der Waals surface area contributed by atoms with Crippen LogP contribution in [0.5, 0.6) is 5.75 Å². The van der Waals surface area contributed by atoms with Crippen molar-refractivity contribution in [2.75, 3.05) is 20.3 Å². The van der Waals surface area contributed by atoms with Crippen molar-refractivity contribution in [3.63, 3.8) is 0 Å². The van der Waals surface area contributed by atoms with Crippen LogP contribution in [-0.4, -0.2) is 40.5 Å². The van der Waals surface area contributed by atoms with E-state index in [0.717, 1.165) is 18.8 Å². The predicted molar refractivity (Wildman–Crippen MR) is 73.2 cm³/mol. The molecule has 0 saturated carbocycles. The van der Waals surface area contributed by atoms with Crippen molar-refractivity contribution in [1.82, 2.24) is 25.5 Å². The number of tetrazole rings is 1. The Morgan fingerprint density at radius 1 is 1.25 bits per heavy atom. The lowest BCUT2D eigenvalue weighted by atomic mass is 10.2. The molecule has 0 unspecified atom stereocenters. The van der Waals surface area contributed by atoms with Gasteiger partial charge in [-0.2, -0.15) is 4.80 Å². The number of methoxy groups -OCH3 is 1. The molecule has 0 aliphatic rings. The highest BCUT2D eigenvalue weighted by atomic mass is 16.5. The maximum Gasteiger partial charge on any atom is 0.212 e. The molecule has 108 valence electrons. The topological polar surface area (TPSA) is 74.1 Å². The van der Waals surface area contributed by atoms with E-state index < -0.39 is 0 Å². The number of nitrogens with zero attached hydrogens (tertiary/aromatic N) is 4. The number of rotatable bonds is 8. The normalized spacial score (nSPS) is 10.7. The molecule has 7 heteroatoms. The van der Waals surface area contributed by atoms with Crippen LogP contribution in [0.4, 0.5) is 0 Å². The molecule has 0 fully saturated rings. The zero-order valence-corrected chi connectivity index (χ0v) is 11.7.